The molecule has 3 aromatic rings. The van der Waals surface area contributed by atoms with Crippen LogP contribution in [0.2, 0.25) is 5.15 Å². The number of halogens is 2. The average molecular weight is 738 g/mol. The number of nitrogens with zero attached hydrogens (tertiary/aromatic N) is 3. The van der Waals surface area contributed by atoms with Gasteiger partial charge in [-0.05, 0) is 67.5 Å². The Labute approximate surface area is 299 Å². The number of carbonyl (C=O) groups excluding carboxylic acids is 2. The maximum absolute atomic E-state index is 13.3. The number of aryl methyl sites for hydroxylation is 2. The summed E-state index contributed by atoms with van der Waals surface area (Å²) < 4.78 is 36.8. The zero-order valence-electron chi connectivity index (χ0n) is 27.7. The van der Waals surface area contributed by atoms with Crippen LogP contribution in [0.5, 0.6) is 5.75 Å². The molecule has 0 aliphatic carbocycles. The number of methoxy groups -OCH3 is 1. The van der Waals surface area contributed by atoms with Crippen molar-refractivity contribution < 1.29 is 44.2 Å². The second-order valence-electron chi connectivity index (χ2n) is 12.6. The van der Waals surface area contributed by atoms with Gasteiger partial charge < -0.3 is 38.4 Å². The van der Waals surface area contributed by atoms with Crippen LogP contribution in [0, 0.1) is 5.92 Å². The molecule has 1 amide bonds. The maximum Gasteiger partial charge on any atom is 0.264 e. The lowest BCUT2D eigenvalue weighted by atomic mass is 9.89. The van der Waals surface area contributed by atoms with Crippen LogP contribution >= 0.6 is 11.6 Å². The van der Waals surface area contributed by atoms with E-state index in [2.05, 4.69) is 27.4 Å². The Bertz CT molecular complexity index is 1660. The molecule has 2 unspecified atom stereocenters. The Balaban J connectivity index is 0.00000650. The molecule has 0 spiro atoms. The number of piperidine rings is 1. The van der Waals surface area contributed by atoms with E-state index in [4.69, 9.17) is 32.4 Å². The van der Waals surface area contributed by atoms with Gasteiger partial charge in [0, 0.05) is 37.3 Å². The van der Waals surface area contributed by atoms with Gasteiger partial charge in [-0.1, -0.05) is 35.9 Å². The number of anilines is 2. The van der Waals surface area contributed by atoms with Crippen molar-refractivity contribution in [2.24, 2.45) is 5.92 Å². The molecule has 15 heteroatoms. The topological polar surface area (TPSA) is 188 Å². The summed E-state index contributed by atoms with van der Waals surface area (Å²) in [5.74, 6) is 0.142. The Morgan fingerprint density at radius 3 is 2.18 bits per heavy atom. The lowest BCUT2D eigenvalue weighted by Gasteiger charge is -2.45. The summed E-state index contributed by atoms with van der Waals surface area (Å²) >= 11 is 6.05. The summed E-state index contributed by atoms with van der Waals surface area (Å²) in [6.07, 6.45) is 6.14. The van der Waals surface area contributed by atoms with E-state index < -0.39 is 15.9 Å². The smallest absolute Gasteiger partial charge is 0.264 e. The number of hydrogen-bond donors (Lipinski definition) is 4. The fourth-order valence-electron chi connectivity index (χ4n) is 6.55. The van der Waals surface area contributed by atoms with E-state index in [1.807, 2.05) is 24.3 Å². The number of likely N-dealkylation sites (tertiary alicyclic amines) is 1. The number of nitrogens with two attached hydrogens (primary N) is 2. The molecule has 6 N–H and O–H groups in total. The van der Waals surface area contributed by atoms with E-state index in [-0.39, 0.29) is 65.5 Å². The standard InChI is InChI=1S/C34H45ClN6O6S.ClH/c1-47-28-15-11-25(12-16-28)7-3-19-41(20-4-8-26(23-41)22-29(42)30-32(36)40-33(37)31(35)39-30)18-2-6-24-9-13-27(14-10-24)34(43)38-17-5-21-48(44,45)46;/h9-16,26H,2-8,17-23H2,1H3,(H5-,36,37,38,40,42,43,44,45,46);1H. The highest BCUT2D eigenvalue weighted by molar-refractivity contribution is 7.85. The lowest BCUT2D eigenvalue weighted by Crippen LogP contribution is -3.00. The van der Waals surface area contributed by atoms with Crippen LogP contribution in [0.25, 0.3) is 0 Å². The number of rotatable bonds is 17. The SMILES string of the molecule is COc1ccc(CCC[N+]2(CCCc3ccc(C(=O)NCCCS(=O)(=O)O)cc3)CCCC(CC(=O)c3nc(Cl)c(N)nc3N)C2)cc1.[Cl-]. The van der Waals surface area contributed by atoms with Crippen LogP contribution in [0.3, 0.4) is 0 Å². The summed E-state index contributed by atoms with van der Waals surface area (Å²) in [6, 6.07) is 15.6. The summed E-state index contributed by atoms with van der Waals surface area (Å²) in [6.45, 7) is 4.02. The molecule has 0 saturated carbocycles. The average Bonchev–Trinajstić information content (AvgIpc) is 3.05. The molecule has 1 saturated heterocycles. The first kappa shape index (κ1) is 39.9. The van der Waals surface area contributed by atoms with E-state index in [0.29, 0.717) is 12.0 Å². The summed E-state index contributed by atoms with van der Waals surface area (Å²) in [7, 11) is -2.39. The van der Waals surface area contributed by atoms with Gasteiger partial charge >= 0.3 is 0 Å². The normalized spacial score (nSPS) is 17.6. The largest absolute Gasteiger partial charge is 1.00 e. The number of aromatic nitrogens is 2. The van der Waals surface area contributed by atoms with Crippen molar-refractivity contribution in [1.29, 1.82) is 0 Å². The van der Waals surface area contributed by atoms with Gasteiger partial charge in [0.15, 0.2) is 22.6 Å². The van der Waals surface area contributed by atoms with Gasteiger partial charge in [0.1, 0.15) is 11.4 Å². The quantitative estimate of drug-likeness (QED) is 0.0683. The highest BCUT2D eigenvalue weighted by Crippen LogP contribution is 2.30. The lowest BCUT2D eigenvalue weighted by molar-refractivity contribution is -0.936. The molecule has 1 fully saturated rings. The molecule has 1 aliphatic heterocycles. The molecular weight excluding hydrogens is 691 g/mol. The maximum atomic E-state index is 13.3. The monoisotopic (exact) mass is 736 g/mol. The van der Waals surface area contributed by atoms with Crippen LogP contribution in [0.15, 0.2) is 48.5 Å². The van der Waals surface area contributed by atoms with E-state index in [1.54, 1.807) is 19.2 Å². The zero-order chi connectivity index (χ0) is 34.7. The predicted octanol–water partition coefficient (Wildman–Crippen LogP) is 1.38. The van der Waals surface area contributed by atoms with Gasteiger partial charge in [0.25, 0.3) is 16.0 Å². The van der Waals surface area contributed by atoms with Gasteiger partial charge in [-0.25, -0.2) is 9.97 Å². The summed E-state index contributed by atoms with van der Waals surface area (Å²) in [5.41, 5.74) is 14.6. The van der Waals surface area contributed by atoms with E-state index in [0.717, 1.165) is 80.5 Å². The molecule has 2 aromatic carbocycles. The van der Waals surface area contributed by atoms with Crippen molar-refractivity contribution in [2.75, 3.05) is 57.1 Å². The van der Waals surface area contributed by atoms with Crippen molar-refractivity contribution >= 4 is 45.0 Å². The zero-order valence-corrected chi connectivity index (χ0v) is 30.1. The molecule has 0 bridgehead atoms. The third kappa shape index (κ3) is 12.4. The predicted molar refractivity (Wildman–Crippen MR) is 187 cm³/mol. The summed E-state index contributed by atoms with van der Waals surface area (Å²) in [5, 5.41) is 2.66. The number of quaternary nitrogens is 1. The van der Waals surface area contributed by atoms with Gasteiger partial charge in [0.2, 0.25) is 0 Å². The number of nitrogens with one attached hydrogen (secondary N) is 1. The van der Waals surface area contributed by atoms with Crippen LogP contribution < -0.4 is 33.9 Å². The molecular formula is C34H46Cl2N6O6S. The van der Waals surface area contributed by atoms with E-state index in [9.17, 15) is 18.0 Å². The molecule has 268 valence electrons. The number of hydrogen-bond acceptors (Lipinski definition) is 9. The number of carbonyl (C=O) groups is 2. The molecule has 49 heavy (non-hydrogen) atoms. The van der Waals surface area contributed by atoms with Crippen molar-refractivity contribution in [3.8, 4) is 5.75 Å². The van der Waals surface area contributed by atoms with Gasteiger partial charge in [-0.3, -0.25) is 14.1 Å². The first-order valence-electron chi connectivity index (χ1n) is 16.3. The van der Waals surface area contributed by atoms with Crippen LogP contribution in [0.4, 0.5) is 11.6 Å². The Morgan fingerprint density at radius 2 is 1.59 bits per heavy atom. The fourth-order valence-corrected chi connectivity index (χ4v) is 7.18. The Kier molecular flexibility index (Phi) is 15.1. The van der Waals surface area contributed by atoms with Gasteiger partial charge in [-0.15, -0.1) is 0 Å². The van der Waals surface area contributed by atoms with Crippen molar-refractivity contribution in [1.82, 2.24) is 15.3 Å². The molecule has 1 aliphatic rings. The van der Waals surface area contributed by atoms with Gasteiger partial charge in [-0.2, -0.15) is 8.42 Å². The number of ketones is 1. The molecule has 2 atom stereocenters. The first-order valence-corrected chi connectivity index (χ1v) is 18.3. The second kappa shape index (κ2) is 18.5. The molecule has 2 heterocycles. The fraction of sp³-hybridized carbons (Fsp3) is 0.471. The third-order valence-corrected chi connectivity index (χ3v) is 10.1. The minimum absolute atomic E-state index is 0. The van der Waals surface area contributed by atoms with Crippen molar-refractivity contribution in [3.63, 3.8) is 0 Å². The molecule has 0 radical (unpaired) electrons. The Hall–Kier alpha value is -3.49. The Morgan fingerprint density at radius 1 is 0.980 bits per heavy atom. The van der Waals surface area contributed by atoms with Gasteiger partial charge in [0.05, 0.1) is 39.0 Å². The highest BCUT2D eigenvalue weighted by Gasteiger charge is 2.36. The number of Topliss-reactive ketones (excluding diaryl/α,β-unsaturated/α-hetero) is 1. The number of benzene rings is 2. The minimum Gasteiger partial charge on any atom is -1.00 e. The van der Waals surface area contributed by atoms with E-state index >= 15 is 0 Å². The number of ether oxygens (including phenoxy) is 1. The first-order chi connectivity index (χ1) is 22.9. The van der Waals surface area contributed by atoms with E-state index in [1.165, 1.54) is 5.56 Å². The molecule has 12 nitrogen and oxygen atoms in total. The molecule has 1 aromatic heterocycles. The van der Waals surface area contributed by atoms with Crippen molar-refractivity contribution in [2.45, 2.75) is 51.4 Å². The van der Waals surface area contributed by atoms with Crippen LogP contribution in [0.1, 0.15) is 70.5 Å². The number of amides is 1. The molecule has 4 rings (SSSR count). The highest BCUT2D eigenvalue weighted by atomic mass is 35.5. The summed E-state index contributed by atoms with van der Waals surface area (Å²) in [4.78, 5) is 33.8. The number of nitrogen functional groups attached to an aromatic ring is 2. The second-order valence-corrected chi connectivity index (χ2v) is 14.5. The third-order valence-electron chi connectivity index (χ3n) is 8.97. The minimum atomic E-state index is -4.05. The van der Waals surface area contributed by atoms with Crippen LogP contribution in [-0.4, -0.2) is 84.7 Å². The van der Waals surface area contributed by atoms with Crippen molar-refractivity contribution in [3.05, 3.63) is 76.1 Å². The van der Waals surface area contributed by atoms with Crippen LogP contribution in [-0.2, 0) is 23.0 Å².